The Kier molecular flexibility index (Phi) is 4.49. The van der Waals surface area contributed by atoms with Crippen molar-refractivity contribution in [2.75, 3.05) is 19.7 Å². The summed E-state index contributed by atoms with van der Waals surface area (Å²) in [6.45, 7) is 5.87. The van der Waals surface area contributed by atoms with Crippen LogP contribution in [0.25, 0.3) is 11.0 Å². The Hall–Kier alpha value is -2.51. The molecule has 7 heteroatoms. The van der Waals surface area contributed by atoms with Gasteiger partial charge in [0.05, 0.1) is 11.6 Å². The second-order valence-corrected chi connectivity index (χ2v) is 7.74. The van der Waals surface area contributed by atoms with Crippen molar-refractivity contribution in [1.29, 1.82) is 0 Å². The van der Waals surface area contributed by atoms with Gasteiger partial charge in [0.25, 0.3) is 0 Å². The predicted molar refractivity (Wildman–Crippen MR) is 104 cm³/mol. The Morgan fingerprint density at radius 3 is 3.00 bits per heavy atom. The van der Waals surface area contributed by atoms with Crippen molar-refractivity contribution >= 4 is 11.0 Å². The molecule has 146 valence electrons. The molecule has 7 nitrogen and oxygen atoms in total. The maximum atomic E-state index is 12.9. The monoisotopic (exact) mass is 380 g/mol. The summed E-state index contributed by atoms with van der Waals surface area (Å²) in [5, 5.41) is 9.45. The summed E-state index contributed by atoms with van der Waals surface area (Å²) in [6, 6.07) is 5.73. The van der Waals surface area contributed by atoms with E-state index in [0.29, 0.717) is 23.1 Å². The van der Waals surface area contributed by atoms with Crippen LogP contribution in [-0.2, 0) is 24.2 Å². The van der Waals surface area contributed by atoms with E-state index in [-0.39, 0.29) is 11.5 Å². The molecule has 0 radical (unpaired) electrons. The maximum Gasteiger partial charge on any atom is 0.197 e. The molecule has 0 N–H and O–H groups in total. The van der Waals surface area contributed by atoms with E-state index in [1.54, 1.807) is 6.26 Å². The number of benzene rings is 1. The highest BCUT2D eigenvalue weighted by molar-refractivity contribution is 5.77. The molecule has 3 aromatic rings. The zero-order valence-corrected chi connectivity index (χ0v) is 16.1. The molecule has 4 heterocycles. The van der Waals surface area contributed by atoms with Crippen LogP contribution in [0.5, 0.6) is 0 Å². The van der Waals surface area contributed by atoms with E-state index < -0.39 is 0 Å². The third kappa shape index (κ3) is 3.14. The predicted octanol–water partition coefficient (Wildman–Crippen LogP) is 2.60. The minimum Gasteiger partial charge on any atom is -0.464 e. The molecule has 0 spiro atoms. The van der Waals surface area contributed by atoms with Crippen molar-refractivity contribution in [3.05, 3.63) is 57.5 Å². The van der Waals surface area contributed by atoms with Gasteiger partial charge < -0.3 is 13.7 Å². The van der Waals surface area contributed by atoms with Gasteiger partial charge in [0.1, 0.15) is 17.5 Å². The first-order valence-electron chi connectivity index (χ1n) is 9.96. The number of hydrogen-bond acceptors (Lipinski definition) is 6. The van der Waals surface area contributed by atoms with Crippen molar-refractivity contribution in [3.8, 4) is 0 Å². The van der Waals surface area contributed by atoms with Crippen LogP contribution in [0.3, 0.4) is 0 Å². The zero-order chi connectivity index (χ0) is 19.1. The molecular formula is C21H24N4O3. The summed E-state index contributed by atoms with van der Waals surface area (Å²) >= 11 is 0. The van der Waals surface area contributed by atoms with Crippen LogP contribution < -0.4 is 5.43 Å². The molecule has 0 aliphatic carbocycles. The Morgan fingerprint density at radius 1 is 1.21 bits per heavy atom. The molecular weight excluding hydrogens is 356 g/mol. The Bertz CT molecular complexity index is 1070. The number of rotatable bonds is 3. The standard InChI is InChI=1S/C21H24N4O3/c1-14-4-5-17-16(11-14)20(26)15(13-28-17)12-24-7-6-19-22-23-21(25(19)9-8-24)18-3-2-10-27-18/h4-5,11,13,18H,2-3,6-10,12H2,1H3/t18-/m0/s1. The zero-order valence-electron chi connectivity index (χ0n) is 16.1. The van der Waals surface area contributed by atoms with E-state index in [1.807, 2.05) is 25.1 Å². The molecule has 2 aliphatic rings. The average molecular weight is 380 g/mol. The SMILES string of the molecule is Cc1ccc2occ(CN3CCc4nnc([C@@H]5CCCO5)n4CC3)c(=O)c2c1. The third-order valence-electron chi connectivity index (χ3n) is 5.76. The molecule has 1 aromatic carbocycles. The van der Waals surface area contributed by atoms with Gasteiger partial charge in [-0.1, -0.05) is 11.6 Å². The molecule has 5 rings (SSSR count). The Labute approximate surface area is 162 Å². The first kappa shape index (κ1) is 17.6. The van der Waals surface area contributed by atoms with Gasteiger partial charge in [-0.05, 0) is 31.9 Å². The number of aromatic nitrogens is 3. The lowest BCUT2D eigenvalue weighted by molar-refractivity contribution is 0.101. The van der Waals surface area contributed by atoms with Crippen molar-refractivity contribution in [3.63, 3.8) is 0 Å². The maximum absolute atomic E-state index is 12.9. The van der Waals surface area contributed by atoms with Crippen molar-refractivity contribution in [1.82, 2.24) is 19.7 Å². The van der Waals surface area contributed by atoms with Gasteiger partial charge in [-0.3, -0.25) is 9.69 Å². The molecule has 28 heavy (non-hydrogen) atoms. The highest BCUT2D eigenvalue weighted by atomic mass is 16.5. The molecule has 2 aliphatic heterocycles. The summed E-state index contributed by atoms with van der Waals surface area (Å²) in [4.78, 5) is 15.2. The van der Waals surface area contributed by atoms with Crippen LogP contribution in [0.2, 0.25) is 0 Å². The number of nitrogens with zero attached hydrogens (tertiary/aromatic N) is 4. The van der Waals surface area contributed by atoms with Gasteiger partial charge in [0.2, 0.25) is 0 Å². The van der Waals surface area contributed by atoms with E-state index in [4.69, 9.17) is 9.15 Å². The number of hydrogen-bond donors (Lipinski definition) is 0. The minimum atomic E-state index is 0.0636. The second-order valence-electron chi connectivity index (χ2n) is 7.74. The van der Waals surface area contributed by atoms with Crippen molar-refractivity contribution in [2.45, 2.75) is 45.4 Å². The molecule has 1 fully saturated rings. The van der Waals surface area contributed by atoms with Crippen LogP contribution in [0.15, 0.2) is 33.7 Å². The third-order valence-corrected chi connectivity index (χ3v) is 5.76. The summed E-state index contributed by atoms with van der Waals surface area (Å²) in [5.41, 5.74) is 2.47. The fraction of sp³-hybridized carbons (Fsp3) is 0.476. The smallest absolute Gasteiger partial charge is 0.197 e. The topological polar surface area (TPSA) is 73.4 Å². The lowest BCUT2D eigenvalue weighted by Crippen LogP contribution is -2.29. The van der Waals surface area contributed by atoms with Crippen LogP contribution in [-0.4, -0.2) is 39.4 Å². The largest absolute Gasteiger partial charge is 0.464 e. The number of fused-ring (bicyclic) bond motifs is 2. The lowest BCUT2D eigenvalue weighted by atomic mass is 10.1. The van der Waals surface area contributed by atoms with E-state index in [0.717, 1.165) is 62.7 Å². The lowest BCUT2D eigenvalue weighted by Gasteiger charge is -2.19. The quantitative estimate of drug-likeness (QED) is 0.695. The van der Waals surface area contributed by atoms with Gasteiger partial charge in [-0.15, -0.1) is 10.2 Å². The summed E-state index contributed by atoms with van der Waals surface area (Å²) in [7, 11) is 0. The van der Waals surface area contributed by atoms with Gasteiger partial charge in [0.15, 0.2) is 11.3 Å². The number of aryl methyl sites for hydroxylation is 1. The molecule has 1 saturated heterocycles. The molecule has 2 aromatic heterocycles. The average Bonchev–Trinajstić information content (AvgIpc) is 3.32. The van der Waals surface area contributed by atoms with Crippen LogP contribution in [0.1, 0.15) is 41.7 Å². The van der Waals surface area contributed by atoms with E-state index >= 15 is 0 Å². The molecule has 0 unspecified atom stereocenters. The first-order valence-corrected chi connectivity index (χ1v) is 9.96. The van der Waals surface area contributed by atoms with E-state index in [1.165, 1.54) is 0 Å². The fourth-order valence-electron chi connectivity index (χ4n) is 4.20. The molecule has 1 atom stereocenters. The van der Waals surface area contributed by atoms with Crippen LogP contribution in [0.4, 0.5) is 0 Å². The van der Waals surface area contributed by atoms with E-state index in [9.17, 15) is 4.79 Å². The minimum absolute atomic E-state index is 0.0636. The molecule has 0 saturated carbocycles. The normalized spacial score (nSPS) is 20.4. The van der Waals surface area contributed by atoms with Crippen molar-refractivity contribution < 1.29 is 9.15 Å². The van der Waals surface area contributed by atoms with Crippen LogP contribution in [0, 0.1) is 6.92 Å². The Morgan fingerprint density at radius 2 is 2.14 bits per heavy atom. The summed E-state index contributed by atoms with van der Waals surface area (Å²) < 4.78 is 13.7. The van der Waals surface area contributed by atoms with Gasteiger partial charge in [-0.25, -0.2) is 0 Å². The number of ether oxygens (including phenoxy) is 1. The van der Waals surface area contributed by atoms with Crippen molar-refractivity contribution in [2.24, 2.45) is 0 Å². The summed E-state index contributed by atoms with van der Waals surface area (Å²) in [5.74, 6) is 1.96. The van der Waals surface area contributed by atoms with Gasteiger partial charge in [0, 0.05) is 44.8 Å². The second kappa shape index (κ2) is 7.14. The molecule has 0 amide bonds. The highest BCUT2D eigenvalue weighted by Gasteiger charge is 2.27. The fourth-order valence-corrected chi connectivity index (χ4v) is 4.20. The van der Waals surface area contributed by atoms with Crippen LogP contribution >= 0.6 is 0 Å². The Balaban J connectivity index is 1.35. The van der Waals surface area contributed by atoms with Gasteiger partial charge >= 0.3 is 0 Å². The first-order chi connectivity index (χ1) is 13.7. The van der Waals surface area contributed by atoms with Gasteiger partial charge in [-0.2, -0.15) is 0 Å². The molecule has 0 bridgehead atoms. The van der Waals surface area contributed by atoms with E-state index in [2.05, 4.69) is 19.7 Å². The highest BCUT2D eigenvalue weighted by Crippen LogP contribution is 2.28. The summed E-state index contributed by atoms with van der Waals surface area (Å²) in [6.07, 6.45) is 4.60.